The summed E-state index contributed by atoms with van der Waals surface area (Å²) in [6.45, 7) is 5.55. The number of piperazine rings is 1. The fourth-order valence-electron chi connectivity index (χ4n) is 4.94. The SMILES string of the molecule is COc1c(F)cccc1C(C)NCC(=O)N1CC2C[C@H](C)C(C1)N2c1ccc(C#N)cn1. The van der Waals surface area contributed by atoms with Gasteiger partial charge in [-0.3, -0.25) is 4.79 Å². The molecule has 0 saturated carbocycles. The molecule has 1 aromatic heterocycles. The monoisotopic (exact) mass is 437 g/mol. The average molecular weight is 438 g/mol. The maximum absolute atomic E-state index is 14.0. The maximum Gasteiger partial charge on any atom is 0.236 e. The molecule has 3 heterocycles. The number of methoxy groups -OCH3 is 1. The number of halogens is 1. The summed E-state index contributed by atoms with van der Waals surface area (Å²) < 4.78 is 19.2. The van der Waals surface area contributed by atoms with E-state index < -0.39 is 5.82 Å². The maximum atomic E-state index is 14.0. The molecule has 2 aliphatic rings. The lowest BCUT2D eigenvalue weighted by atomic mass is 10.0. The number of carbonyl (C=O) groups excluding carboxylic acids is 1. The number of nitrogens with zero attached hydrogens (tertiary/aromatic N) is 4. The summed E-state index contributed by atoms with van der Waals surface area (Å²) in [6, 6.07) is 10.7. The van der Waals surface area contributed by atoms with E-state index in [0.717, 1.165) is 12.2 Å². The van der Waals surface area contributed by atoms with Crippen LogP contribution >= 0.6 is 0 Å². The van der Waals surface area contributed by atoms with Crippen LogP contribution in [0.3, 0.4) is 0 Å². The third kappa shape index (κ3) is 4.13. The molecule has 2 aliphatic heterocycles. The zero-order chi connectivity index (χ0) is 22.8. The van der Waals surface area contributed by atoms with E-state index >= 15 is 0 Å². The lowest BCUT2D eigenvalue weighted by molar-refractivity contribution is -0.131. The minimum absolute atomic E-state index is 0.0313. The van der Waals surface area contributed by atoms with Crippen molar-refractivity contribution >= 4 is 11.7 Å². The number of benzene rings is 1. The molecule has 7 nitrogen and oxygen atoms in total. The first-order valence-electron chi connectivity index (χ1n) is 10.9. The van der Waals surface area contributed by atoms with Crippen molar-refractivity contribution in [3.8, 4) is 11.8 Å². The Morgan fingerprint density at radius 1 is 1.38 bits per heavy atom. The zero-order valence-corrected chi connectivity index (χ0v) is 18.6. The number of amides is 1. The van der Waals surface area contributed by atoms with Crippen LogP contribution in [0.1, 0.15) is 37.4 Å². The molecule has 4 rings (SSSR count). The Morgan fingerprint density at radius 3 is 2.84 bits per heavy atom. The number of pyridine rings is 1. The van der Waals surface area contributed by atoms with Gasteiger partial charge in [0.05, 0.1) is 25.3 Å². The highest BCUT2D eigenvalue weighted by Crippen LogP contribution is 2.37. The van der Waals surface area contributed by atoms with Gasteiger partial charge in [0.15, 0.2) is 11.6 Å². The third-order valence-corrected chi connectivity index (χ3v) is 6.61. The van der Waals surface area contributed by atoms with Gasteiger partial charge in [-0.25, -0.2) is 9.37 Å². The van der Waals surface area contributed by atoms with E-state index in [1.54, 1.807) is 24.4 Å². The van der Waals surface area contributed by atoms with Gasteiger partial charge in [0.2, 0.25) is 5.91 Å². The highest BCUT2D eigenvalue weighted by atomic mass is 19.1. The fraction of sp³-hybridized carbons (Fsp3) is 0.458. The van der Waals surface area contributed by atoms with Crippen molar-refractivity contribution in [2.75, 3.05) is 31.6 Å². The Hall–Kier alpha value is -3.18. The van der Waals surface area contributed by atoms with Gasteiger partial charge in [0.25, 0.3) is 0 Å². The van der Waals surface area contributed by atoms with Gasteiger partial charge < -0.3 is 19.9 Å². The van der Waals surface area contributed by atoms with E-state index in [4.69, 9.17) is 10.00 Å². The summed E-state index contributed by atoms with van der Waals surface area (Å²) >= 11 is 0. The first-order chi connectivity index (χ1) is 15.4. The average Bonchev–Trinajstić information content (AvgIpc) is 3.00. The highest BCUT2D eigenvalue weighted by molar-refractivity contribution is 5.79. The molecule has 2 saturated heterocycles. The molecular formula is C24H28FN5O2. The number of hydrogen-bond acceptors (Lipinski definition) is 6. The van der Waals surface area contributed by atoms with Crippen LogP contribution in [0.4, 0.5) is 10.2 Å². The van der Waals surface area contributed by atoms with Crippen LogP contribution in [0, 0.1) is 23.1 Å². The molecule has 2 aromatic rings. The van der Waals surface area contributed by atoms with Crippen LogP contribution in [0.5, 0.6) is 5.75 Å². The van der Waals surface area contributed by atoms with Gasteiger partial charge >= 0.3 is 0 Å². The number of nitrogens with one attached hydrogen (secondary N) is 1. The predicted octanol–water partition coefficient (Wildman–Crippen LogP) is 2.88. The fourth-order valence-corrected chi connectivity index (χ4v) is 4.94. The van der Waals surface area contributed by atoms with Crippen LogP contribution in [-0.4, -0.2) is 54.6 Å². The summed E-state index contributed by atoms with van der Waals surface area (Å²) in [7, 11) is 1.44. The molecule has 0 spiro atoms. The Morgan fingerprint density at radius 2 is 2.19 bits per heavy atom. The van der Waals surface area contributed by atoms with Gasteiger partial charge in [0, 0.05) is 36.9 Å². The summed E-state index contributed by atoms with van der Waals surface area (Å²) in [4.78, 5) is 21.7. The van der Waals surface area contributed by atoms with Gasteiger partial charge in [-0.05, 0) is 37.5 Å². The summed E-state index contributed by atoms with van der Waals surface area (Å²) in [5.41, 5.74) is 1.23. The molecule has 1 N–H and O–H groups in total. The second kappa shape index (κ2) is 9.13. The van der Waals surface area contributed by atoms with Crippen LogP contribution in [0.15, 0.2) is 36.5 Å². The van der Waals surface area contributed by atoms with E-state index in [-0.39, 0.29) is 36.3 Å². The second-order valence-electron chi connectivity index (χ2n) is 8.62. The number of rotatable bonds is 6. The Labute approximate surface area is 187 Å². The van der Waals surface area contributed by atoms with Crippen molar-refractivity contribution in [1.29, 1.82) is 5.26 Å². The lowest BCUT2D eigenvalue weighted by Crippen LogP contribution is -2.57. The van der Waals surface area contributed by atoms with Crippen molar-refractivity contribution in [2.24, 2.45) is 5.92 Å². The number of aromatic nitrogens is 1. The molecule has 8 heteroatoms. The van der Waals surface area contributed by atoms with Gasteiger partial charge in [-0.2, -0.15) is 5.26 Å². The van der Waals surface area contributed by atoms with Crippen LogP contribution < -0.4 is 15.0 Å². The van der Waals surface area contributed by atoms with Crippen LogP contribution in [0.2, 0.25) is 0 Å². The largest absolute Gasteiger partial charge is 0.493 e. The number of ether oxygens (including phenoxy) is 1. The topological polar surface area (TPSA) is 81.5 Å². The highest BCUT2D eigenvalue weighted by Gasteiger charge is 2.45. The first kappa shape index (κ1) is 22.0. The van der Waals surface area contributed by atoms with E-state index in [1.807, 2.05) is 17.9 Å². The zero-order valence-electron chi connectivity index (χ0n) is 18.6. The summed E-state index contributed by atoms with van der Waals surface area (Å²) in [5.74, 6) is 1.13. The molecule has 0 radical (unpaired) electrons. The van der Waals surface area contributed by atoms with Crippen molar-refractivity contribution in [3.63, 3.8) is 0 Å². The number of para-hydroxylation sites is 1. The van der Waals surface area contributed by atoms with Crippen LogP contribution in [0.25, 0.3) is 0 Å². The predicted molar refractivity (Wildman–Crippen MR) is 119 cm³/mol. The molecule has 3 unspecified atom stereocenters. The number of hydrogen-bond donors (Lipinski definition) is 1. The Kier molecular flexibility index (Phi) is 6.28. The second-order valence-corrected chi connectivity index (χ2v) is 8.62. The van der Waals surface area contributed by atoms with E-state index in [1.165, 1.54) is 13.2 Å². The summed E-state index contributed by atoms with van der Waals surface area (Å²) in [6.07, 6.45) is 2.60. The third-order valence-electron chi connectivity index (χ3n) is 6.61. The molecule has 168 valence electrons. The van der Waals surface area contributed by atoms with Crippen molar-refractivity contribution in [3.05, 3.63) is 53.5 Å². The molecule has 2 fully saturated rings. The molecule has 32 heavy (non-hydrogen) atoms. The Bertz CT molecular complexity index is 1020. The Balaban J connectivity index is 1.40. The van der Waals surface area contributed by atoms with Crippen molar-refractivity contribution in [1.82, 2.24) is 15.2 Å². The first-order valence-corrected chi connectivity index (χ1v) is 10.9. The smallest absolute Gasteiger partial charge is 0.236 e. The molecule has 1 amide bonds. The lowest BCUT2D eigenvalue weighted by Gasteiger charge is -2.42. The van der Waals surface area contributed by atoms with Gasteiger partial charge in [-0.15, -0.1) is 0 Å². The van der Waals surface area contributed by atoms with E-state index in [2.05, 4.69) is 28.2 Å². The number of anilines is 1. The standard InChI is InChI=1S/C24H28FN5O2/c1-15-9-18-13-29(14-21(15)30(18)22-8-7-17(10-26)11-28-22)23(31)12-27-16(2)19-5-4-6-20(25)24(19)32-3/h4-8,11,15-16,18,21,27H,9,12-14H2,1-3H3/t15-,16?,18?,21?/m0/s1. The summed E-state index contributed by atoms with van der Waals surface area (Å²) in [5, 5.41) is 12.2. The molecule has 1 aromatic carbocycles. The van der Waals surface area contributed by atoms with E-state index in [0.29, 0.717) is 30.1 Å². The number of carbonyl (C=O) groups is 1. The molecular weight excluding hydrogens is 409 g/mol. The van der Waals surface area contributed by atoms with Gasteiger partial charge in [0.1, 0.15) is 11.9 Å². The molecule has 4 atom stereocenters. The van der Waals surface area contributed by atoms with Crippen molar-refractivity contribution < 1.29 is 13.9 Å². The molecule has 2 bridgehead atoms. The number of nitriles is 1. The normalized spacial score (nSPS) is 23.0. The number of fused-ring (bicyclic) bond motifs is 2. The van der Waals surface area contributed by atoms with Crippen molar-refractivity contribution in [2.45, 2.75) is 38.4 Å². The number of likely N-dealkylation sites (tertiary alicyclic amines) is 1. The van der Waals surface area contributed by atoms with E-state index in [9.17, 15) is 9.18 Å². The quantitative estimate of drug-likeness (QED) is 0.749. The minimum atomic E-state index is -0.414. The molecule has 0 aliphatic carbocycles. The van der Waals surface area contributed by atoms with Gasteiger partial charge in [-0.1, -0.05) is 19.1 Å². The minimum Gasteiger partial charge on any atom is -0.493 e. The van der Waals surface area contributed by atoms with Crippen LogP contribution in [-0.2, 0) is 4.79 Å².